The highest BCUT2D eigenvalue weighted by molar-refractivity contribution is 5.83. The van der Waals surface area contributed by atoms with Crippen LogP contribution in [0.3, 0.4) is 0 Å². The monoisotopic (exact) mass is 382 g/mol. The Hall–Kier alpha value is -2.86. The molecule has 2 aromatic carbocycles. The fourth-order valence-electron chi connectivity index (χ4n) is 3.17. The van der Waals surface area contributed by atoms with Gasteiger partial charge in [-0.3, -0.25) is 4.99 Å². The van der Waals surface area contributed by atoms with Crippen LogP contribution in [0.5, 0.6) is 0 Å². The van der Waals surface area contributed by atoms with Gasteiger partial charge in [-0.1, -0.05) is 30.3 Å². The second kappa shape index (κ2) is 9.90. The standard InChI is InChI=1S/C22H27FN4O/c1-2-24-22(27-15-19(28)12-16-6-4-3-5-7-16)25-11-10-17-14-26-21-13-18(23)8-9-20(17)21/h3-9,13-14,19,26,28H,2,10-12,15H2,1H3,(H2,24,25,27). The van der Waals surface area contributed by atoms with Crippen LogP contribution in [0.4, 0.5) is 4.39 Å². The summed E-state index contributed by atoms with van der Waals surface area (Å²) >= 11 is 0. The van der Waals surface area contributed by atoms with E-state index in [-0.39, 0.29) is 5.82 Å². The second-order valence-electron chi connectivity index (χ2n) is 6.74. The van der Waals surface area contributed by atoms with Gasteiger partial charge < -0.3 is 20.7 Å². The molecule has 0 bridgehead atoms. The minimum absolute atomic E-state index is 0.241. The number of guanidine groups is 1. The van der Waals surface area contributed by atoms with Crippen LogP contribution < -0.4 is 10.6 Å². The highest BCUT2D eigenvalue weighted by Crippen LogP contribution is 2.19. The maximum atomic E-state index is 13.3. The summed E-state index contributed by atoms with van der Waals surface area (Å²) in [5.74, 6) is 0.440. The molecule has 4 N–H and O–H groups in total. The minimum Gasteiger partial charge on any atom is -0.391 e. The van der Waals surface area contributed by atoms with Crippen LogP contribution in [0.15, 0.2) is 59.7 Å². The Balaban J connectivity index is 1.52. The largest absolute Gasteiger partial charge is 0.391 e. The summed E-state index contributed by atoms with van der Waals surface area (Å²) < 4.78 is 13.3. The number of hydrogen-bond acceptors (Lipinski definition) is 2. The summed E-state index contributed by atoms with van der Waals surface area (Å²) in [5.41, 5.74) is 3.03. The normalized spacial score (nSPS) is 12.9. The highest BCUT2D eigenvalue weighted by Gasteiger charge is 2.07. The summed E-state index contributed by atoms with van der Waals surface area (Å²) in [5, 5.41) is 17.8. The number of fused-ring (bicyclic) bond motifs is 1. The molecule has 0 radical (unpaired) electrons. The molecular weight excluding hydrogens is 355 g/mol. The zero-order valence-electron chi connectivity index (χ0n) is 16.1. The number of aliphatic hydroxyl groups is 1. The number of aliphatic hydroxyl groups excluding tert-OH is 1. The van der Waals surface area contributed by atoms with Gasteiger partial charge in [0, 0.05) is 36.6 Å². The topological polar surface area (TPSA) is 72.4 Å². The van der Waals surface area contributed by atoms with Gasteiger partial charge in [0.05, 0.1) is 12.6 Å². The van der Waals surface area contributed by atoms with Crippen molar-refractivity contribution in [3.8, 4) is 0 Å². The van der Waals surface area contributed by atoms with E-state index in [9.17, 15) is 9.50 Å². The van der Waals surface area contributed by atoms with E-state index in [1.54, 1.807) is 6.07 Å². The van der Waals surface area contributed by atoms with Crippen molar-refractivity contribution in [1.82, 2.24) is 15.6 Å². The van der Waals surface area contributed by atoms with E-state index in [1.165, 1.54) is 12.1 Å². The van der Waals surface area contributed by atoms with Crippen molar-refractivity contribution in [3.05, 3.63) is 71.7 Å². The minimum atomic E-state index is -0.527. The van der Waals surface area contributed by atoms with E-state index in [4.69, 9.17) is 0 Å². The van der Waals surface area contributed by atoms with E-state index in [0.29, 0.717) is 25.5 Å². The van der Waals surface area contributed by atoms with Crippen LogP contribution in [0.1, 0.15) is 18.1 Å². The van der Waals surface area contributed by atoms with Gasteiger partial charge in [-0.15, -0.1) is 0 Å². The number of aromatic nitrogens is 1. The zero-order valence-corrected chi connectivity index (χ0v) is 16.1. The van der Waals surface area contributed by atoms with Crippen molar-refractivity contribution in [2.24, 2.45) is 4.99 Å². The Labute approximate surface area is 164 Å². The van der Waals surface area contributed by atoms with Gasteiger partial charge in [0.1, 0.15) is 5.82 Å². The van der Waals surface area contributed by atoms with Crippen LogP contribution in [0.2, 0.25) is 0 Å². The highest BCUT2D eigenvalue weighted by atomic mass is 19.1. The number of rotatable bonds is 8. The lowest BCUT2D eigenvalue weighted by atomic mass is 10.1. The first kappa shape index (κ1) is 19.9. The third kappa shape index (κ3) is 5.57. The van der Waals surface area contributed by atoms with Crippen LogP contribution in [-0.2, 0) is 12.8 Å². The number of aromatic amines is 1. The third-order valence-electron chi connectivity index (χ3n) is 4.53. The second-order valence-corrected chi connectivity index (χ2v) is 6.74. The van der Waals surface area contributed by atoms with Crippen LogP contribution in [0.25, 0.3) is 10.9 Å². The maximum Gasteiger partial charge on any atom is 0.191 e. The number of H-pyrrole nitrogens is 1. The van der Waals surface area contributed by atoms with Crippen LogP contribution >= 0.6 is 0 Å². The van der Waals surface area contributed by atoms with E-state index in [0.717, 1.165) is 35.0 Å². The number of halogens is 1. The molecule has 148 valence electrons. The Morgan fingerprint density at radius 2 is 2.00 bits per heavy atom. The number of nitrogens with one attached hydrogen (secondary N) is 3. The molecule has 0 saturated carbocycles. The first-order valence-corrected chi connectivity index (χ1v) is 9.65. The molecule has 5 nitrogen and oxygen atoms in total. The molecule has 28 heavy (non-hydrogen) atoms. The van der Waals surface area contributed by atoms with Crippen LogP contribution in [-0.4, -0.2) is 41.8 Å². The van der Waals surface area contributed by atoms with Crippen molar-refractivity contribution in [3.63, 3.8) is 0 Å². The van der Waals surface area contributed by atoms with Crippen molar-refractivity contribution in [1.29, 1.82) is 0 Å². The average molecular weight is 382 g/mol. The number of benzene rings is 2. The molecule has 1 unspecified atom stereocenters. The van der Waals surface area contributed by atoms with Gasteiger partial charge in [0.2, 0.25) is 0 Å². The SMILES string of the molecule is CCNC(=NCC(O)Cc1ccccc1)NCCc1c[nH]c2cc(F)ccc12. The molecule has 3 rings (SSSR count). The molecule has 0 fully saturated rings. The first-order valence-electron chi connectivity index (χ1n) is 9.65. The Kier molecular flexibility index (Phi) is 7.03. The lowest BCUT2D eigenvalue weighted by molar-refractivity contribution is 0.183. The molecule has 0 aliphatic rings. The predicted molar refractivity (Wildman–Crippen MR) is 112 cm³/mol. The Morgan fingerprint density at radius 3 is 2.79 bits per heavy atom. The summed E-state index contributed by atoms with van der Waals surface area (Å²) in [6.07, 6.45) is 2.75. The molecule has 0 aliphatic carbocycles. The van der Waals surface area contributed by atoms with E-state index >= 15 is 0 Å². The predicted octanol–water partition coefficient (Wildman–Crippen LogP) is 3.01. The zero-order chi connectivity index (χ0) is 19.8. The number of aliphatic imine (C=N–C) groups is 1. The lowest BCUT2D eigenvalue weighted by Crippen LogP contribution is -2.39. The smallest absolute Gasteiger partial charge is 0.191 e. The maximum absolute atomic E-state index is 13.3. The third-order valence-corrected chi connectivity index (χ3v) is 4.53. The fraction of sp³-hybridized carbons (Fsp3) is 0.318. The van der Waals surface area contributed by atoms with E-state index < -0.39 is 6.10 Å². The molecule has 6 heteroatoms. The molecule has 1 aromatic heterocycles. The van der Waals surface area contributed by atoms with Crippen molar-refractivity contribution >= 4 is 16.9 Å². The number of nitrogens with zero attached hydrogens (tertiary/aromatic N) is 1. The van der Waals surface area contributed by atoms with Crippen molar-refractivity contribution in [2.45, 2.75) is 25.9 Å². The summed E-state index contributed by atoms with van der Waals surface area (Å²) in [4.78, 5) is 7.60. The molecule has 3 aromatic rings. The van der Waals surface area contributed by atoms with Crippen LogP contribution in [0, 0.1) is 5.82 Å². The van der Waals surface area contributed by atoms with Crippen molar-refractivity contribution in [2.75, 3.05) is 19.6 Å². The van der Waals surface area contributed by atoms with E-state index in [2.05, 4.69) is 20.6 Å². The van der Waals surface area contributed by atoms with E-state index in [1.807, 2.05) is 43.5 Å². The molecule has 1 atom stereocenters. The molecule has 1 heterocycles. The van der Waals surface area contributed by atoms with Gasteiger partial charge in [-0.2, -0.15) is 0 Å². The number of hydrogen-bond donors (Lipinski definition) is 4. The van der Waals surface area contributed by atoms with Crippen molar-refractivity contribution < 1.29 is 9.50 Å². The lowest BCUT2D eigenvalue weighted by Gasteiger charge is -2.13. The molecular formula is C22H27FN4O. The summed E-state index contributed by atoms with van der Waals surface area (Å²) in [6.45, 7) is 3.76. The quantitative estimate of drug-likeness (QED) is 0.357. The van der Waals surface area contributed by atoms with Gasteiger partial charge in [-0.25, -0.2) is 4.39 Å². The van der Waals surface area contributed by atoms with Gasteiger partial charge in [0.25, 0.3) is 0 Å². The first-order chi connectivity index (χ1) is 13.7. The Bertz CT molecular complexity index is 907. The van der Waals surface area contributed by atoms with Gasteiger partial charge in [-0.05, 0) is 42.7 Å². The van der Waals surface area contributed by atoms with Gasteiger partial charge in [0.15, 0.2) is 5.96 Å². The molecule has 0 spiro atoms. The Morgan fingerprint density at radius 1 is 1.18 bits per heavy atom. The summed E-state index contributed by atoms with van der Waals surface area (Å²) in [7, 11) is 0. The molecule has 0 aliphatic heterocycles. The fourth-order valence-corrected chi connectivity index (χ4v) is 3.17. The van der Waals surface area contributed by atoms with Gasteiger partial charge >= 0.3 is 0 Å². The molecule has 0 amide bonds. The molecule has 0 saturated heterocycles. The average Bonchev–Trinajstić information content (AvgIpc) is 3.09. The summed E-state index contributed by atoms with van der Waals surface area (Å²) in [6, 6.07) is 14.7.